The second-order valence-electron chi connectivity index (χ2n) is 8.84. The van der Waals surface area contributed by atoms with E-state index < -0.39 is 0 Å². The minimum atomic E-state index is 0.331. The normalized spacial score (nSPS) is 27.4. The van der Waals surface area contributed by atoms with Crippen LogP contribution in [0.4, 0.5) is 0 Å². The summed E-state index contributed by atoms with van der Waals surface area (Å²) in [5, 5.41) is 7.09. The van der Waals surface area contributed by atoms with Gasteiger partial charge in [-0.25, -0.2) is 0 Å². The van der Waals surface area contributed by atoms with Gasteiger partial charge in [0.25, 0.3) is 0 Å². The summed E-state index contributed by atoms with van der Waals surface area (Å²) in [4.78, 5) is 21.7. The molecule has 0 aromatic rings. The Kier molecular flexibility index (Phi) is 8.44. The van der Waals surface area contributed by atoms with Gasteiger partial charge >= 0.3 is 0 Å². The van der Waals surface area contributed by atoms with Crippen LogP contribution in [0.25, 0.3) is 0 Å². The first-order valence-electron chi connectivity index (χ1n) is 11.8. The predicted molar refractivity (Wildman–Crippen MR) is 116 cm³/mol. The number of guanidine groups is 1. The molecule has 0 aromatic heterocycles. The molecule has 2 atom stereocenters. The van der Waals surface area contributed by atoms with E-state index in [0.717, 1.165) is 70.5 Å². The van der Waals surface area contributed by atoms with E-state index in [-0.39, 0.29) is 0 Å². The van der Waals surface area contributed by atoms with Crippen LogP contribution in [-0.4, -0.2) is 73.5 Å². The van der Waals surface area contributed by atoms with Gasteiger partial charge in [-0.1, -0.05) is 32.6 Å². The van der Waals surface area contributed by atoms with Crippen molar-refractivity contribution in [2.24, 2.45) is 16.8 Å². The van der Waals surface area contributed by atoms with E-state index in [1.807, 2.05) is 0 Å². The average Bonchev–Trinajstić information content (AvgIpc) is 2.67. The van der Waals surface area contributed by atoms with E-state index in [0.29, 0.717) is 17.9 Å². The van der Waals surface area contributed by atoms with Crippen molar-refractivity contribution >= 4 is 11.9 Å². The quantitative estimate of drug-likeness (QED) is 0.517. The lowest BCUT2D eigenvalue weighted by Crippen LogP contribution is -2.51. The molecular formula is C22H41N5O. The van der Waals surface area contributed by atoms with Crippen molar-refractivity contribution < 1.29 is 4.79 Å². The first kappa shape index (κ1) is 21.4. The SMILES string of the molecule is CCNC(=NCCN1CCN(C(=O)C2CCC2)CC1)NC1CCCC(CC)C1. The predicted octanol–water partition coefficient (Wildman–Crippen LogP) is 2.45. The largest absolute Gasteiger partial charge is 0.357 e. The molecule has 160 valence electrons. The van der Waals surface area contributed by atoms with E-state index in [1.165, 1.54) is 38.5 Å². The Balaban J connectivity index is 1.38. The Morgan fingerprint density at radius 1 is 1.04 bits per heavy atom. The van der Waals surface area contributed by atoms with Crippen LogP contribution in [-0.2, 0) is 4.79 Å². The van der Waals surface area contributed by atoms with Gasteiger partial charge in [-0.3, -0.25) is 14.7 Å². The fourth-order valence-electron chi connectivity index (χ4n) is 4.71. The molecule has 6 heteroatoms. The fourth-order valence-corrected chi connectivity index (χ4v) is 4.71. The van der Waals surface area contributed by atoms with E-state index >= 15 is 0 Å². The summed E-state index contributed by atoms with van der Waals surface area (Å²) in [6.45, 7) is 10.9. The van der Waals surface area contributed by atoms with Crippen LogP contribution in [0.2, 0.25) is 0 Å². The van der Waals surface area contributed by atoms with Crippen molar-refractivity contribution in [2.75, 3.05) is 45.8 Å². The van der Waals surface area contributed by atoms with Gasteiger partial charge in [0.1, 0.15) is 0 Å². The van der Waals surface area contributed by atoms with Gasteiger partial charge in [0.15, 0.2) is 5.96 Å². The molecule has 0 radical (unpaired) electrons. The Hall–Kier alpha value is -1.30. The number of rotatable bonds is 7. The van der Waals surface area contributed by atoms with E-state index in [1.54, 1.807) is 0 Å². The molecule has 0 bridgehead atoms. The zero-order chi connectivity index (χ0) is 19.8. The lowest BCUT2D eigenvalue weighted by molar-refractivity contribution is -0.139. The van der Waals surface area contributed by atoms with Gasteiger partial charge in [0.05, 0.1) is 6.54 Å². The molecule has 28 heavy (non-hydrogen) atoms. The fraction of sp³-hybridized carbons (Fsp3) is 0.909. The summed E-state index contributed by atoms with van der Waals surface area (Å²) < 4.78 is 0. The number of hydrogen-bond acceptors (Lipinski definition) is 3. The first-order valence-corrected chi connectivity index (χ1v) is 11.8. The van der Waals surface area contributed by atoms with Gasteiger partial charge in [-0.15, -0.1) is 0 Å². The summed E-state index contributed by atoms with van der Waals surface area (Å²) in [6.07, 6.45) is 9.99. The summed E-state index contributed by atoms with van der Waals surface area (Å²) in [5.41, 5.74) is 0. The van der Waals surface area contributed by atoms with Crippen molar-refractivity contribution in [3.8, 4) is 0 Å². The topological polar surface area (TPSA) is 60.0 Å². The second kappa shape index (κ2) is 11.0. The summed E-state index contributed by atoms with van der Waals surface area (Å²) in [6, 6.07) is 0.567. The monoisotopic (exact) mass is 391 g/mol. The van der Waals surface area contributed by atoms with Gasteiger partial charge in [-0.2, -0.15) is 0 Å². The maximum Gasteiger partial charge on any atom is 0.225 e. The number of amides is 1. The van der Waals surface area contributed by atoms with Crippen LogP contribution in [0.1, 0.15) is 65.2 Å². The zero-order valence-electron chi connectivity index (χ0n) is 18.1. The van der Waals surface area contributed by atoms with Gasteiger partial charge in [-0.05, 0) is 38.5 Å². The van der Waals surface area contributed by atoms with Crippen LogP contribution >= 0.6 is 0 Å². The summed E-state index contributed by atoms with van der Waals surface area (Å²) in [5.74, 6) is 2.58. The highest BCUT2D eigenvalue weighted by molar-refractivity contribution is 5.80. The number of carbonyl (C=O) groups excluding carboxylic acids is 1. The molecule has 1 amide bonds. The van der Waals surface area contributed by atoms with Gasteiger partial charge in [0.2, 0.25) is 5.91 Å². The van der Waals surface area contributed by atoms with E-state index in [4.69, 9.17) is 4.99 Å². The van der Waals surface area contributed by atoms with Crippen LogP contribution < -0.4 is 10.6 Å². The second-order valence-corrected chi connectivity index (χ2v) is 8.84. The Morgan fingerprint density at radius 3 is 2.43 bits per heavy atom. The molecule has 2 aliphatic carbocycles. The van der Waals surface area contributed by atoms with Crippen molar-refractivity contribution in [3.63, 3.8) is 0 Å². The number of hydrogen-bond donors (Lipinski definition) is 2. The number of nitrogens with one attached hydrogen (secondary N) is 2. The van der Waals surface area contributed by atoms with E-state index in [9.17, 15) is 4.79 Å². The molecule has 2 N–H and O–H groups in total. The van der Waals surface area contributed by atoms with Crippen LogP contribution in [0.3, 0.4) is 0 Å². The standard InChI is InChI=1S/C22H41N5O/c1-3-18-7-5-10-20(17-18)25-22(23-4-2)24-11-12-26-13-15-27(16-14-26)21(28)19-8-6-9-19/h18-20H,3-17H2,1-2H3,(H2,23,24,25). The molecule has 6 nitrogen and oxygen atoms in total. The molecule has 3 rings (SSSR count). The van der Waals surface area contributed by atoms with Crippen LogP contribution in [0.5, 0.6) is 0 Å². The van der Waals surface area contributed by atoms with Gasteiger partial charge in [0, 0.05) is 51.2 Å². The Bertz CT molecular complexity index is 511. The molecule has 3 aliphatic rings. The number of piperazine rings is 1. The highest BCUT2D eigenvalue weighted by atomic mass is 16.2. The average molecular weight is 392 g/mol. The summed E-state index contributed by atoms with van der Waals surface area (Å²) in [7, 11) is 0. The maximum atomic E-state index is 12.4. The molecule has 2 unspecified atom stereocenters. The Labute approximate surface area is 171 Å². The smallest absolute Gasteiger partial charge is 0.225 e. The third-order valence-electron chi connectivity index (χ3n) is 6.87. The lowest BCUT2D eigenvalue weighted by Gasteiger charge is -2.38. The molecule has 0 aromatic carbocycles. The zero-order valence-corrected chi connectivity index (χ0v) is 18.1. The number of nitrogens with zero attached hydrogens (tertiary/aromatic N) is 3. The van der Waals surface area contributed by atoms with Crippen LogP contribution in [0.15, 0.2) is 4.99 Å². The Morgan fingerprint density at radius 2 is 1.79 bits per heavy atom. The highest BCUT2D eigenvalue weighted by Crippen LogP contribution is 2.28. The molecule has 2 saturated carbocycles. The van der Waals surface area contributed by atoms with Crippen LogP contribution in [0, 0.1) is 11.8 Å². The highest BCUT2D eigenvalue weighted by Gasteiger charge is 2.31. The van der Waals surface area contributed by atoms with Crippen molar-refractivity contribution in [3.05, 3.63) is 0 Å². The maximum absolute atomic E-state index is 12.4. The first-order chi connectivity index (χ1) is 13.7. The molecule has 3 fully saturated rings. The molecular weight excluding hydrogens is 350 g/mol. The van der Waals surface area contributed by atoms with Crippen molar-refractivity contribution in [1.82, 2.24) is 20.4 Å². The minimum absolute atomic E-state index is 0.331. The molecule has 1 aliphatic heterocycles. The number of aliphatic imine (C=N–C) groups is 1. The third kappa shape index (κ3) is 6.10. The minimum Gasteiger partial charge on any atom is -0.357 e. The summed E-state index contributed by atoms with van der Waals surface area (Å²) >= 11 is 0. The van der Waals surface area contributed by atoms with E-state index in [2.05, 4.69) is 34.3 Å². The van der Waals surface area contributed by atoms with Gasteiger partial charge < -0.3 is 15.5 Å². The third-order valence-corrected chi connectivity index (χ3v) is 6.87. The molecule has 1 heterocycles. The van der Waals surface area contributed by atoms with Crippen molar-refractivity contribution in [1.29, 1.82) is 0 Å². The molecule has 1 saturated heterocycles. The molecule has 0 spiro atoms. The number of carbonyl (C=O) groups is 1. The lowest BCUT2D eigenvalue weighted by atomic mass is 9.84. The van der Waals surface area contributed by atoms with Crippen molar-refractivity contribution in [2.45, 2.75) is 71.3 Å².